The number of hydrogen-bond donors (Lipinski definition) is 0. The van der Waals surface area contributed by atoms with Gasteiger partial charge in [-0.1, -0.05) is 6.07 Å². The van der Waals surface area contributed by atoms with Gasteiger partial charge in [-0.2, -0.15) is 0 Å². The fourth-order valence-electron chi connectivity index (χ4n) is 2.65. The van der Waals surface area contributed by atoms with Crippen molar-refractivity contribution < 1.29 is 17.9 Å². The van der Waals surface area contributed by atoms with Gasteiger partial charge in [-0.3, -0.25) is 4.79 Å². The molecular weight excluding hydrogens is 290 g/mol. The van der Waals surface area contributed by atoms with E-state index in [1.165, 1.54) is 12.1 Å². The minimum Gasteiger partial charge on any atom is -0.369 e. The monoisotopic (exact) mass is 311 g/mol. The minimum atomic E-state index is -3.32. The number of hydrogen-bond acceptors (Lipinski definition) is 4. The first-order valence-corrected chi connectivity index (χ1v) is 8.75. The number of carbonyl (C=O) groups excluding carboxylic acids is 1. The fourth-order valence-corrected chi connectivity index (χ4v) is 3.32. The lowest BCUT2D eigenvalue weighted by atomic mass is 10.0. The van der Waals surface area contributed by atoms with Gasteiger partial charge in [-0.15, -0.1) is 0 Å². The maximum Gasteiger partial charge on any atom is 0.254 e. The van der Waals surface area contributed by atoms with E-state index in [4.69, 9.17) is 4.74 Å². The first kappa shape index (κ1) is 16.0. The number of benzene rings is 1. The van der Waals surface area contributed by atoms with Crippen molar-refractivity contribution >= 4 is 15.7 Å². The second kappa shape index (κ2) is 5.42. The number of nitrogens with zero attached hydrogens (tertiary/aromatic N) is 1. The van der Waals surface area contributed by atoms with Gasteiger partial charge in [0.2, 0.25) is 0 Å². The van der Waals surface area contributed by atoms with Gasteiger partial charge < -0.3 is 9.64 Å². The Labute approximate surface area is 125 Å². The van der Waals surface area contributed by atoms with E-state index in [1.54, 1.807) is 17.0 Å². The van der Waals surface area contributed by atoms with Crippen molar-refractivity contribution in [3.63, 3.8) is 0 Å². The van der Waals surface area contributed by atoms with Gasteiger partial charge in [0.15, 0.2) is 9.84 Å². The van der Waals surface area contributed by atoms with Gasteiger partial charge in [0.1, 0.15) is 0 Å². The van der Waals surface area contributed by atoms with Crippen LogP contribution in [0.1, 0.15) is 31.1 Å². The highest BCUT2D eigenvalue weighted by Crippen LogP contribution is 2.23. The lowest BCUT2D eigenvalue weighted by Crippen LogP contribution is -2.53. The molecule has 1 heterocycles. The van der Waals surface area contributed by atoms with Crippen LogP contribution in [0, 0.1) is 0 Å². The zero-order valence-electron chi connectivity index (χ0n) is 12.8. The molecule has 0 saturated carbocycles. The highest BCUT2D eigenvalue weighted by Gasteiger charge is 2.34. The Kier molecular flexibility index (Phi) is 4.13. The van der Waals surface area contributed by atoms with Crippen molar-refractivity contribution in [2.75, 3.05) is 19.3 Å². The van der Waals surface area contributed by atoms with Gasteiger partial charge in [-0.05, 0) is 39.0 Å². The van der Waals surface area contributed by atoms with Crippen LogP contribution in [0.4, 0.5) is 0 Å². The third-order valence-electron chi connectivity index (χ3n) is 3.37. The summed E-state index contributed by atoms with van der Waals surface area (Å²) in [7, 11) is -3.32. The predicted molar refractivity (Wildman–Crippen MR) is 80.1 cm³/mol. The molecular formula is C15H21NO4S. The summed E-state index contributed by atoms with van der Waals surface area (Å²) < 4.78 is 29.0. The van der Waals surface area contributed by atoms with Crippen LogP contribution in [0.5, 0.6) is 0 Å². The molecule has 1 atom stereocenters. The molecule has 21 heavy (non-hydrogen) atoms. The largest absolute Gasteiger partial charge is 0.369 e. The van der Waals surface area contributed by atoms with E-state index in [9.17, 15) is 13.2 Å². The van der Waals surface area contributed by atoms with Crippen LogP contribution in [-0.2, 0) is 14.6 Å². The number of carbonyl (C=O) groups is 1. The molecule has 6 heteroatoms. The van der Waals surface area contributed by atoms with Crippen molar-refractivity contribution in [3.05, 3.63) is 29.8 Å². The van der Waals surface area contributed by atoms with Crippen molar-refractivity contribution in [1.29, 1.82) is 0 Å². The quantitative estimate of drug-likeness (QED) is 0.834. The standard InChI is InChI=1S/C15H21NO4S/c1-11-9-16(10-15(2,3)20-11)14(17)12-6-5-7-13(8-12)21(4,18)19/h5-8,11H,9-10H2,1-4H3. The SMILES string of the molecule is CC1CN(C(=O)c2cccc(S(C)(=O)=O)c2)CC(C)(C)O1. The Bertz CT molecular complexity index is 651. The summed E-state index contributed by atoms with van der Waals surface area (Å²) in [6.07, 6.45) is 1.09. The number of morpholine rings is 1. The molecule has 116 valence electrons. The summed E-state index contributed by atoms with van der Waals surface area (Å²) in [4.78, 5) is 14.5. The Balaban J connectivity index is 2.28. The number of sulfone groups is 1. The molecule has 0 spiro atoms. The van der Waals surface area contributed by atoms with Crippen LogP contribution in [0.25, 0.3) is 0 Å². The van der Waals surface area contributed by atoms with E-state index < -0.39 is 15.4 Å². The first-order chi connectivity index (χ1) is 9.58. The molecule has 1 aliphatic rings. The summed E-state index contributed by atoms with van der Waals surface area (Å²) in [6, 6.07) is 6.17. The van der Waals surface area contributed by atoms with E-state index in [1.807, 2.05) is 20.8 Å². The number of rotatable bonds is 2. The summed E-state index contributed by atoms with van der Waals surface area (Å²) in [5.41, 5.74) is -0.00952. The van der Waals surface area contributed by atoms with Crippen molar-refractivity contribution in [1.82, 2.24) is 4.90 Å². The van der Waals surface area contributed by atoms with E-state index in [-0.39, 0.29) is 16.9 Å². The smallest absolute Gasteiger partial charge is 0.254 e. The summed E-state index contributed by atoms with van der Waals surface area (Å²) in [5, 5.41) is 0. The zero-order valence-corrected chi connectivity index (χ0v) is 13.6. The Hall–Kier alpha value is -1.40. The van der Waals surface area contributed by atoms with Crippen molar-refractivity contribution in [2.45, 2.75) is 37.4 Å². The molecule has 1 unspecified atom stereocenters. The molecule has 5 nitrogen and oxygen atoms in total. The van der Waals surface area contributed by atoms with Crippen LogP contribution < -0.4 is 0 Å². The Morgan fingerprint density at radius 3 is 2.62 bits per heavy atom. The Morgan fingerprint density at radius 1 is 1.38 bits per heavy atom. The highest BCUT2D eigenvalue weighted by atomic mass is 32.2. The number of ether oxygens (including phenoxy) is 1. The summed E-state index contributed by atoms with van der Waals surface area (Å²) >= 11 is 0. The van der Waals surface area contributed by atoms with Gasteiger partial charge in [0, 0.05) is 24.9 Å². The fraction of sp³-hybridized carbons (Fsp3) is 0.533. The third-order valence-corrected chi connectivity index (χ3v) is 4.48. The molecule has 1 aromatic rings. The van der Waals surface area contributed by atoms with Crippen LogP contribution in [0.15, 0.2) is 29.2 Å². The Morgan fingerprint density at radius 2 is 2.05 bits per heavy atom. The van der Waals surface area contributed by atoms with Crippen molar-refractivity contribution in [3.8, 4) is 0 Å². The minimum absolute atomic E-state index is 0.0456. The average molecular weight is 311 g/mol. The van der Waals surface area contributed by atoms with E-state index in [0.717, 1.165) is 6.26 Å². The van der Waals surface area contributed by atoms with Crippen LogP contribution in [0.3, 0.4) is 0 Å². The average Bonchev–Trinajstić information content (AvgIpc) is 2.34. The van der Waals surface area contributed by atoms with Crippen molar-refractivity contribution in [2.24, 2.45) is 0 Å². The predicted octanol–water partition coefficient (Wildman–Crippen LogP) is 1.73. The van der Waals surface area contributed by atoms with Crippen LogP contribution in [-0.4, -0.2) is 50.3 Å². The molecule has 1 aliphatic heterocycles. The van der Waals surface area contributed by atoms with E-state index in [0.29, 0.717) is 18.7 Å². The second-order valence-electron chi connectivity index (χ2n) is 6.17. The van der Waals surface area contributed by atoms with Crippen LogP contribution in [0.2, 0.25) is 0 Å². The topological polar surface area (TPSA) is 63.7 Å². The molecule has 1 saturated heterocycles. The third kappa shape index (κ3) is 3.83. The maximum atomic E-state index is 12.6. The lowest BCUT2D eigenvalue weighted by molar-refractivity contribution is -0.118. The van der Waals surface area contributed by atoms with Gasteiger partial charge in [0.05, 0.1) is 16.6 Å². The van der Waals surface area contributed by atoms with E-state index >= 15 is 0 Å². The summed E-state index contributed by atoms with van der Waals surface area (Å²) in [6.45, 7) is 6.80. The van der Waals surface area contributed by atoms with Crippen LogP contribution >= 0.6 is 0 Å². The normalized spacial score (nSPS) is 22.1. The molecule has 1 amide bonds. The molecule has 0 radical (unpaired) electrons. The van der Waals surface area contributed by atoms with Gasteiger partial charge in [-0.25, -0.2) is 8.42 Å². The zero-order chi connectivity index (χ0) is 15.8. The molecule has 0 aliphatic carbocycles. The molecule has 2 rings (SSSR count). The lowest BCUT2D eigenvalue weighted by Gasteiger charge is -2.41. The molecule has 1 fully saturated rings. The first-order valence-electron chi connectivity index (χ1n) is 6.86. The van der Waals surface area contributed by atoms with E-state index in [2.05, 4.69) is 0 Å². The maximum absolute atomic E-state index is 12.6. The second-order valence-corrected chi connectivity index (χ2v) is 8.19. The van der Waals surface area contributed by atoms with Gasteiger partial charge >= 0.3 is 0 Å². The molecule has 0 N–H and O–H groups in total. The number of amides is 1. The molecule has 0 bridgehead atoms. The molecule has 0 aromatic heterocycles. The highest BCUT2D eigenvalue weighted by molar-refractivity contribution is 7.90. The summed E-state index contributed by atoms with van der Waals surface area (Å²) in [5.74, 6) is -0.163. The van der Waals surface area contributed by atoms with Gasteiger partial charge in [0.25, 0.3) is 5.91 Å². The molecule has 1 aromatic carbocycles.